The first kappa shape index (κ1) is 23.5. The average Bonchev–Trinajstić information content (AvgIpc) is 2.91. The maximum absolute atomic E-state index is 13.2. The van der Waals surface area contributed by atoms with Gasteiger partial charge in [0.05, 0.1) is 0 Å². The highest BCUT2D eigenvalue weighted by Gasteiger charge is 2.25. The molecule has 2 atom stereocenters. The van der Waals surface area contributed by atoms with Crippen molar-refractivity contribution in [1.82, 2.24) is 15.5 Å². The van der Waals surface area contributed by atoms with Crippen LogP contribution in [-0.2, 0) is 4.79 Å². The van der Waals surface area contributed by atoms with Gasteiger partial charge in [0, 0.05) is 50.0 Å². The zero-order valence-electron chi connectivity index (χ0n) is 19.6. The molecule has 2 unspecified atom stereocenters. The second-order valence-corrected chi connectivity index (χ2v) is 8.64. The molecule has 2 amide bonds. The Morgan fingerprint density at radius 2 is 1.35 bits per heavy atom. The molecule has 0 aromatic heterocycles. The van der Waals surface area contributed by atoms with E-state index in [4.69, 9.17) is 0 Å². The summed E-state index contributed by atoms with van der Waals surface area (Å²) >= 11 is 0. The fraction of sp³-hybridized carbons (Fsp3) is 0.286. The largest absolute Gasteiger partial charge is 0.369 e. The summed E-state index contributed by atoms with van der Waals surface area (Å²) in [6.45, 7) is 6.47. The van der Waals surface area contributed by atoms with Crippen LogP contribution in [0.5, 0.6) is 0 Å². The highest BCUT2D eigenvalue weighted by Crippen LogP contribution is 2.17. The van der Waals surface area contributed by atoms with Crippen LogP contribution >= 0.6 is 0 Å². The molecular formula is C28H32N4O2. The van der Waals surface area contributed by atoms with Crippen LogP contribution in [0.15, 0.2) is 91.0 Å². The van der Waals surface area contributed by atoms with E-state index in [0.29, 0.717) is 12.1 Å². The molecule has 0 saturated carbocycles. The van der Waals surface area contributed by atoms with Crippen LogP contribution in [0, 0.1) is 0 Å². The van der Waals surface area contributed by atoms with Gasteiger partial charge in [0.1, 0.15) is 6.04 Å². The van der Waals surface area contributed by atoms with Crippen LogP contribution in [0.1, 0.15) is 28.9 Å². The summed E-state index contributed by atoms with van der Waals surface area (Å²) in [5.41, 5.74) is 2.54. The predicted octanol–water partition coefficient (Wildman–Crippen LogP) is 3.48. The molecule has 0 bridgehead atoms. The van der Waals surface area contributed by atoms with Gasteiger partial charge in [-0.25, -0.2) is 0 Å². The summed E-state index contributed by atoms with van der Waals surface area (Å²) in [5, 5.41) is 5.97. The SMILES string of the molecule is CC(CNC(=O)C(NC(=O)c1ccccc1)c1ccccc1)N1CCN(c2ccccc2)CC1. The number of nitrogens with one attached hydrogen (secondary N) is 2. The zero-order valence-corrected chi connectivity index (χ0v) is 19.6. The van der Waals surface area contributed by atoms with E-state index < -0.39 is 6.04 Å². The number of carbonyl (C=O) groups is 2. The van der Waals surface area contributed by atoms with E-state index in [1.54, 1.807) is 12.1 Å². The van der Waals surface area contributed by atoms with Crippen molar-refractivity contribution < 1.29 is 9.59 Å². The fourth-order valence-corrected chi connectivity index (χ4v) is 4.29. The maximum atomic E-state index is 13.2. The molecule has 1 fully saturated rings. The summed E-state index contributed by atoms with van der Waals surface area (Å²) < 4.78 is 0. The van der Waals surface area contributed by atoms with E-state index in [1.165, 1.54) is 5.69 Å². The lowest BCUT2D eigenvalue weighted by Crippen LogP contribution is -2.53. The van der Waals surface area contributed by atoms with Gasteiger partial charge in [-0.15, -0.1) is 0 Å². The lowest BCUT2D eigenvalue weighted by atomic mass is 10.0. The molecular weight excluding hydrogens is 424 g/mol. The third-order valence-corrected chi connectivity index (χ3v) is 6.34. The smallest absolute Gasteiger partial charge is 0.252 e. The van der Waals surface area contributed by atoms with Crippen LogP contribution < -0.4 is 15.5 Å². The summed E-state index contributed by atoms with van der Waals surface area (Å²) in [5.74, 6) is -0.472. The molecule has 3 aromatic carbocycles. The summed E-state index contributed by atoms with van der Waals surface area (Å²) in [7, 11) is 0. The van der Waals surface area contributed by atoms with E-state index in [9.17, 15) is 9.59 Å². The number of hydrogen-bond acceptors (Lipinski definition) is 4. The molecule has 3 aromatic rings. The van der Waals surface area contributed by atoms with E-state index in [1.807, 2.05) is 54.6 Å². The number of nitrogens with zero attached hydrogens (tertiary/aromatic N) is 2. The number of piperazine rings is 1. The molecule has 34 heavy (non-hydrogen) atoms. The zero-order chi connectivity index (χ0) is 23.8. The Bertz CT molecular complexity index is 1050. The van der Waals surface area contributed by atoms with Crippen molar-refractivity contribution in [2.24, 2.45) is 0 Å². The van der Waals surface area contributed by atoms with Crippen molar-refractivity contribution in [3.05, 3.63) is 102 Å². The molecule has 6 heteroatoms. The number of amides is 2. The highest BCUT2D eigenvalue weighted by atomic mass is 16.2. The van der Waals surface area contributed by atoms with E-state index in [0.717, 1.165) is 31.7 Å². The van der Waals surface area contributed by atoms with Crippen LogP contribution in [0.2, 0.25) is 0 Å². The Morgan fingerprint density at radius 3 is 1.97 bits per heavy atom. The van der Waals surface area contributed by atoms with Crippen molar-refractivity contribution in [2.45, 2.75) is 19.0 Å². The number of hydrogen-bond donors (Lipinski definition) is 2. The number of rotatable bonds is 8. The monoisotopic (exact) mass is 456 g/mol. The van der Waals surface area contributed by atoms with Gasteiger partial charge in [-0.3, -0.25) is 14.5 Å². The molecule has 4 rings (SSSR count). The minimum Gasteiger partial charge on any atom is -0.369 e. The van der Waals surface area contributed by atoms with Crippen molar-refractivity contribution >= 4 is 17.5 Å². The number of para-hydroxylation sites is 1. The predicted molar refractivity (Wildman–Crippen MR) is 136 cm³/mol. The van der Waals surface area contributed by atoms with E-state index in [-0.39, 0.29) is 17.9 Å². The molecule has 2 N–H and O–H groups in total. The van der Waals surface area contributed by atoms with Gasteiger partial charge >= 0.3 is 0 Å². The van der Waals surface area contributed by atoms with Crippen LogP contribution in [0.3, 0.4) is 0 Å². The molecule has 176 valence electrons. The summed E-state index contributed by atoms with van der Waals surface area (Å²) in [6.07, 6.45) is 0. The second-order valence-electron chi connectivity index (χ2n) is 8.64. The fourth-order valence-electron chi connectivity index (χ4n) is 4.29. The van der Waals surface area contributed by atoms with Crippen molar-refractivity contribution in [1.29, 1.82) is 0 Å². The van der Waals surface area contributed by atoms with Gasteiger partial charge < -0.3 is 15.5 Å². The molecule has 1 aliphatic rings. The first-order valence-electron chi connectivity index (χ1n) is 11.8. The molecule has 1 aliphatic heterocycles. The van der Waals surface area contributed by atoms with Crippen molar-refractivity contribution in [3.8, 4) is 0 Å². The van der Waals surface area contributed by atoms with Gasteiger partial charge in [0.25, 0.3) is 5.91 Å². The van der Waals surface area contributed by atoms with Crippen LogP contribution in [-0.4, -0.2) is 55.5 Å². The van der Waals surface area contributed by atoms with Crippen molar-refractivity contribution in [2.75, 3.05) is 37.6 Å². The standard InChI is InChI=1S/C28H32N4O2/c1-22(31-17-19-32(20-18-31)25-15-9-4-10-16-25)21-29-28(34)26(23-11-5-2-6-12-23)30-27(33)24-13-7-3-8-14-24/h2-16,22,26H,17-21H2,1H3,(H,29,34)(H,30,33). The van der Waals surface area contributed by atoms with Crippen LogP contribution in [0.4, 0.5) is 5.69 Å². The van der Waals surface area contributed by atoms with E-state index >= 15 is 0 Å². The first-order chi connectivity index (χ1) is 16.6. The number of anilines is 1. The van der Waals surface area contributed by atoms with Gasteiger partial charge in [-0.05, 0) is 36.8 Å². The molecule has 0 aliphatic carbocycles. The van der Waals surface area contributed by atoms with Gasteiger partial charge in [0.15, 0.2) is 0 Å². The normalized spacial score (nSPS) is 15.9. The van der Waals surface area contributed by atoms with Crippen LogP contribution in [0.25, 0.3) is 0 Å². The van der Waals surface area contributed by atoms with Crippen molar-refractivity contribution in [3.63, 3.8) is 0 Å². The molecule has 1 saturated heterocycles. The van der Waals surface area contributed by atoms with Gasteiger partial charge in [0.2, 0.25) is 5.91 Å². The molecule has 0 radical (unpaired) electrons. The van der Waals surface area contributed by atoms with Gasteiger partial charge in [-0.1, -0.05) is 66.7 Å². The number of benzene rings is 3. The molecule has 1 heterocycles. The number of carbonyl (C=O) groups excluding carboxylic acids is 2. The molecule has 6 nitrogen and oxygen atoms in total. The Balaban J connectivity index is 1.34. The molecule has 0 spiro atoms. The second kappa shape index (κ2) is 11.5. The lowest BCUT2D eigenvalue weighted by molar-refractivity contribution is -0.123. The minimum atomic E-state index is -0.754. The quantitative estimate of drug-likeness (QED) is 0.545. The summed E-state index contributed by atoms with van der Waals surface area (Å²) in [4.78, 5) is 30.7. The first-order valence-corrected chi connectivity index (χ1v) is 11.8. The Morgan fingerprint density at radius 1 is 0.794 bits per heavy atom. The minimum absolute atomic E-state index is 0.197. The summed E-state index contributed by atoms with van der Waals surface area (Å²) in [6, 6.07) is 28.2. The topological polar surface area (TPSA) is 64.7 Å². The maximum Gasteiger partial charge on any atom is 0.252 e. The van der Waals surface area contributed by atoms with Gasteiger partial charge in [-0.2, -0.15) is 0 Å². The third kappa shape index (κ3) is 6.02. The third-order valence-electron chi connectivity index (χ3n) is 6.34. The Hall–Kier alpha value is -3.64. The Labute approximate surface area is 201 Å². The van der Waals surface area contributed by atoms with E-state index in [2.05, 4.69) is 51.6 Å². The average molecular weight is 457 g/mol. The highest BCUT2D eigenvalue weighted by molar-refractivity contribution is 5.97. The Kier molecular flexibility index (Phi) is 7.94. The lowest BCUT2D eigenvalue weighted by Gasteiger charge is -2.39.